The summed E-state index contributed by atoms with van der Waals surface area (Å²) in [4.78, 5) is 0. The van der Waals surface area contributed by atoms with Gasteiger partial charge in [-0.2, -0.15) is 0 Å². The molecule has 0 bridgehead atoms. The molecule has 0 amide bonds. The Bertz CT molecular complexity index is 112. The lowest BCUT2D eigenvalue weighted by atomic mass is 10.3. The summed E-state index contributed by atoms with van der Waals surface area (Å²) in [6.45, 7) is 12.6. The fourth-order valence-corrected chi connectivity index (χ4v) is 0.157. The van der Waals surface area contributed by atoms with Crippen molar-refractivity contribution < 1.29 is 4.39 Å². The first-order valence-electron chi connectivity index (χ1n) is 2.66. The quantitative estimate of drug-likeness (QED) is 0.375. The molecule has 0 aromatic carbocycles. The maximum atomic E-state index is 11.8. The van der Waals surface area contributed by atoms with Crippen LogP contribution in [0.5, 0.6) is 0 Å². The van der Waals surface area contributed by atoms with Crippen molar-refractivity contribution in [1.29, 1.82) is 0 Å². The van der Waals surface area contributed by atoms with Crippen molar-refractivity contribution in [3.8, 4) is 0 Å². The van der Waals surface area contributed by atoms with Gasteiger partial charge in [0.25, 0.3) is 0 Å². The first-order chi connectivity index (χ1) is 4.18. The Hall–Kier alpha value is -0.850. The first kappa shape index (κ1) is 11.0. The van der Waals surface area contributed by atoms with Crippen LogP contribution in [0.25, 0.3) is 0 Å². The Morgan fingerprint density at radius 1 is 1.44 bits per heavy atom. The van der Waals surface area contributed by atoms with Crippen LogP contribution in [0.3, 0.4) is 0 Å². The van der Waals surface area contributed by atoms with E-state index in [4.69, 9.17) is 0 Å². The van der Waals surface area contributed by atoms with Crippen LogP contribution in [-0.4, -0.2) is 0 Å². The monoisotopic (exact) mass is 128 g/mol. The highest BCUT2D eigenvalue weighted by Crippen LogP contribution is 2.05. The van der Waals surface area contributed by atoms with E-state index in [0.717, 1.165) is 0 Å². The van der Waals surface area contributed by atoms with Crippen LogP contribution in [0.2, 0.25) is 0 Å². The molecular formula is C8H13F. The molecule has 0 fully saturated rings. The Morgan fingerprint density at radius 3 is 1.78 bits per heavy atom. The fourth-order valence-electron chi connectivity index (χ4n) is 0.157. The summed E-state index contributed by atoms with van der Waals surface area (Å²) >= 11 is 0. The molecule has 0 aromatic heterocycles. The summed E-state index contributed by atoms with van der Waals surface area (Å²) in [6, 6.07) is 0. The largest absolute Gasteiger partial charge is 0.207 e. The molecule has 0 atom stereocenters. The predicted molar refractivity (Wildman–Crippen MR) is 40.9 cm³/mol. The minimum atomic E-state index is -0.345. The maximum Gasteiger partial charge on any atom is 0.118 e. The van der Waals surface area contributed by atoms with Crippen LogP contribution in [0.15, 0.2) is 37.2 Å². The van der Waals surface area contributed by atoms with Gasteiger partial charge in [-0.15, -0.1) is 13.2 Å². The van der Waals surface area contributed by atoms with Crippen molar-refractivity contribution in [1.82, 2.24) is 0 Å². The second kappa shape index (κ2) is 7.15. The minimum Gasteiger partial charge on any atom is -0.207 e. The summed E-state index contributed by atoms with van der Waals surface area (Å²) in [5.41, 5.74) is 0.611. The SMILES string of the molecule is C=C.C=C(F)/C(C)=C\C. The van der Waals surface area contributed by atoms with Gasteiger partial charge in [0, 0.05) is 0 Å². The van der Waals surface area contributed by atoms with E-state index in [-0.39, 0.29) is 5.83 Å². The lowest BCUT2D eigenvalue weighted by Crippen LogP contribution is -1.69. The minimum absolute atomic E-state index is 0.345. The number of hydrogen-bond acceptors (Lipinski definition) is 0. The van der Waals surface area contributed by atoms with Crippen LogP contribution in [0, 0.1) is 0 Å². The van der Waals surface area contributed by atoms with Crippen molar-refractivity contribution in [3.05, 3.63) is 37.2 Å². The van der Waals surface area contributed by atoms with Crippen LogP contribution >= 0.6 is 0 Å². The van der Waals surface area contributed by atoms with E-state index in [1.165, 1.54) is 0 Å². The highest BCUT2D eigenvalue weighted by Gasteiger charge is 1.86. The summed E-state index contributed by atoms with van der Waals surface area (Å²) in [6.07, 6.45) is 1.68. The Morgan fingerprint density at radius 2 is 1.78 bits per heavy atom. The zero-order valence-corrected chi connectivity index (χ0v) is 6.08. The Balaban J connectivity index is 0. The van der Waals surface area contributed by atoms with Crippen molar-refractivity contribution in [2.45, 2.75) is 13.8 Å². The lowest BCUT2D eigenvalue weighted by molar-refractivity contribution is 0.655. The van der Waals surface area contributed by atoms with Crippen molar-refractivity contribution in [2.75, 3.05) is 0 Å². The zero-order valence-electron chi connectivity index (χ0n) is 6.08. The summed E-state index contributed by atoms with van der Waals surface area (Å²) in [5.74, 6) is -0.345. The van der Waals surface area contributed by atoms with Gasteiger partial charge in [0.1, 0.15) is 5.83 Å². The number of allylic oxidation sites excluding steroid dienone is 3. The van der Waals surface area contributed by atoms with Crippen LogP contribution in [0.4, 0.5) is 4.39 Å². The third-order valence-corrected chi connectivity index (χ3v) is 0.861. The average molecular weight is 128 g/mol. The number of halogens is 1. The van der Waals surface area contributed by atoms with Gasteiger partial charge in [-0.3, -0.25) is 0 Å². The van der Waals surface area contributed by atoms with Gasteiger partial charge in [-0.05, 0) is 19.4 Å². The van der Waals surface area contributed by atoms with E-state index in [9.17, 15) is 4.39 Å². The summed E-state index contributed by atoms with van der Waals surface area (Å²) in [5, 5.41) is 0. The van der Waals surface area contributed by atoms with E-state index in [1.54, 1.807) is 19.9 Å². The van der Waals surface area contributed by atoms with E-state index >= 15 is 0 Å². The molecule has 0 aliphatic rings. The highest BCUT2D eigenvalue weighted by molar-refractivity contribution is 5.18. The van der Waals surface area contributed by atoms with Crippen molar-refractivity contribution in [2.24, 2.45) is 0 Å². The molecule has 0 saturated carbocycles. The number of rotatable bonds is 1. The molecule has 0 nitrogen and oxygen atoms in total. The van der Waals surface area contributed by atoms with Crippen molar-refractivity contribution >= 4 is 0 Å². The van der Waals surface area contributed by atoms with Crippen LogP contribution < -0.4 is 0 Å². The van der Waals surface area contributed by atoms with Crippen LogP contribution in [-0.2, 0) is 0 Å². The van der Waals surface area contributed by atoms with Gasteiger partial charge < -0.3 is 0 Å². The molecule has 9 heavy (non-hydrogen) atoms. The average Bonchev–Trinajstić information content (AvgIpc) is 1.91. The van der Waals surface area contributed by atoms with Gasteiger partial charge >= 0.3 is 0 Å². The third kappa shape index (κ3) is 7.15. The van der Waals surface area contributed by atoms with Gasteiger partial charge in [0.15, 0.2) is 0 Å². The molecular weight excluding hydrogens is 115 g/mol. The standard InChI is InChI=1S/C6H9F.C2H4/c1-4-5(2)6(3)7;1-2/h4H,3H2,1-2H3;1-2H2/b5-4-;. The van der Waals surface area contributed by atoms with Gasteiger partial charge in [0.2, 0.25) is 0 Å². The van der Waals surface area contributed by atoms with E-state index in [2.05, 4.69) is 19.7 Å². The predicted octanol–water partition coefficient (Wildman–Crippen LogP) is 3.24. The van der Waals surface area contributed by atoms with Gasteiger partial charge in [-0.25, -0.2) is 4.39 Å². The topological polar surface area (TPSA) is 0 Å². The lowest BCUT2D eigenvalue weighted by Gasteiger charge is -1.87. The van der Waals surface area contributed by atoms with Crippen LogP contribution in [0.1, 0.15) is 13.8 Å². The second-order valence-corrected chi connectivity index (χ2v) is 1.38. The molecule has 0 aliphatic heterocycles. The Kier molecular flexibility index (Phi) is 8.75. The third-order valence-electron chi connectivity index (χ3n) is 0.861. The summed E-state index contributed by atoms with van der Waals surface area (Å²) in [7, 11) is 0. The second-order valence-electron chi connectivity index (χ2n) is 1.38. The molecule has 1 heteroatoms. The molecule has 0 heterocycles. The smallest absolute Gasteiger partial charge is 0.118 e. The highest BCUT2D eigenvalue weighted by atomic mass is 19.1. The molecule has 0 N–H and O–H groups in total. The molecule has 0 radical (unpaired) electrons. The first-order valence-corrected chi connectivity index (χ1v) is 2.66. The van der Waals surface area contributed by atoms with Gasteiger partial charge in [-0.1, -0.05) is 12.7 Å². The van der Waals surface area contributed by atoms with E-state index in [1.807, 2.05) is 0 Å². The molecule has 0 aliphatic carbocycles. The molecule has 0 saturated heterocycles. The molecule has 0 spiro atoms. The summed E-state index contributed by atoms with van der Waals surface area (Å²) < 4.78 is 11.8. The number of hydrogen-bond donors (Lipinski definition) is 0. The van der Waals surface area contributed by atoms with Gasteiger partial charge in [0.05, 0.1) is 0 Å². The van der Waals surface area contributed by atoms with Crippen molar-refractivity contribution in [3.63, 3.8) is 0 Å². The molecule has 0 aromatic rings. The van der Waals surface area contributed by atoms with E-state index < -0.39 is 0 Å². The van der Waals surface area contributed by atoms with E-state index in [0.29, 0.717) is 5.57 Å². The fraction of sp³-hybridized carbons (Fsp3) is 0.250. The molecule has 52 valence electrons. The zero-order chi connectivity index (χ0) is 7.86. The maximum absolute atomic E-state index is 11.8. The normalized spacial score (nSPS) is 9.44. The Labute approximate surface area is 56.4 Å². The molecule has 0 unspecified atom stereocenters. The molecule has 0 rings (SSSR count).